The van der Waals surface area contributed by atoms with E-state index in [1.165, 1.54) is 35.6 Å². The van der Waals surface area contributed by atoms with Gasteiger partial charge in [-0.15, -0.1) is 11.3 Å². The summed E-state index contributed by atoms with van der Waals surface area (Å²) in [5.74, 6) is -0.221. The average Bonchev–Trinajstić information content (AvgIpc) is 3.15. The van der Waals surface area contributed by atoms with Gasteiger partial charge in [-0.25, -0.2) is 9.78 Å². The molecule has 0 aliphatic carbocycles. The molecular weight excluding hydrogens is 382 g/mol. The number of carbonyl (C=O) groups is 2. The third-order valence-electron chi connectivity index (χ3n) is 3.76. The molecule has 28 heavy (non-hydrogen) atoms. The Hall–Kier alpha value is -3.01. The lowest BCUT2D eigenvalue weighted by Crippen LogP contribution is -2.35. The monoisotopic (exact) mass is 405 g/mol. The molecule has 0 spiro atoms. The van der Waals surface area contributed by atoms with Crippen molar-refractivity contribution in [1.29, 1.82) is 0 Å². The Morgan fingerprint density at radius 1 is 1.21 bits per heavy atom. The summed E-state index contributed by atoms with van der Waals surface area (Å²) in [6.45, 7) is 5.30. The van der Waals surface area contributed by atoms with Gasteiger partial charge < -0.3 is 15.5 Å². The minimum atomic E-state index is -0.494. The summed E-state index contributed by atoms with van der Waals surface area (Å²) in [7, 11) is 0. The number of nitrogens with one attached hydrogen (secondary N) is 2. The van der Waals surface area contributed by atoms with E-state index in [2.05, 4.69) is 15.6 Å². The SMILES string of the molecule is CCCNC(=O)c1csc(CN(CCC)C(=O)Nc2ccc([N+](=O)[O-])cc2)n1. The number of nitro benzene ring substituents is 1. The summed E-state index contributed by atoms with van der Waals surface area (Å²) in [6.07, 6.45) is 1.60. The van der Waals surface area contributed by atoms with Crippen LogP contribution in [0, 0.1) is 10.1 Å². The Balaban J connectivity index is 2.02. The topological polar surface area (TPSA) is 117 Å². The molecule has 0 saturated carbocycles. The van der Waals surface area contributed by atoms with Gasteiger partial charge in [0.15, 0.2) is 0 Å². The predicted molar refractivity (Wildman–Crippen MR) is 108 cm³/mol. The van der Waals surface area contributed by atoms with Gasteiger partial charge in [-0.2, -0.15) is 0 Å². The van der Waals surface area contributed by atoms with Crippen molar-refractivity contribution in [3.8, 4) is 0 Å². The number of aromatic nitrogens is 1. The maximum atomic E-state index is 12.6. The highest BCUT2D eigenvalue weighted by Crippen LogP contribution is 2.17. The summed E-state index contributed by atoms with van der Waals surface area (Å²) in [6, 6.07) is 5.31. The second-order valence-electron chi connectivity index (χ2n) is 6.04. The summed E-state index contributed by atoms with van der Waals surface area (Å²) in [4.78, 5) is 40.7. The fourth-order valence-corrected chi connectivity index (χ4v) is 3.16. The molecule has 0 fully saturated rings. The van der Waals surface area contributed by atoms with Crippen molar-refractivity contribution in [3.63, 3.8) is 0 Å². The smallest absolute Gasteiger partial charge is 0.322 e. The second kappa shape index (κ2) is 10.4. The summed E-state index contributed by atoms with van der Waals surface area (Å²) >= 11 is 1.33. The molecule has 0 aliphatic rings. The maximum absolute atomic E-state index is 12.6. The largest absolute Gasteiger partial charge is 0.351 e. The van der Waals surface area contributed by atoms with Crippen molar-refractivity contribution >= 4 is 34.6 Å². The van der Waals surface area contributed by atoms with E-state index in [9.17, 15) is 19.7 Å². The normalized spacial score (nSPS) is 10.4. The van der Waals surface area contributed by atoms with Crippen LogP contribution in [0.2, 0.25) is 0 Å². The number of thiazole rings is 1. The first-order valence-corrected chi connectivity index (χ1v) is 9.85. The maximum Gasteiger partial charge on any atom is 0.322 e. The molecule has 3 amide bonds. The van der Waals surface area contributed by atoms with Crippen LogP contribution in [0.3, 0.4) is 0 Å². The van der Waals surface area contributed by atoms with E-state index in [4.69, 9.17) is 0 Å². The molecule has 0 radical (unpaired) electrons. The van der Waals surface area contributed by atoms with E-state index >= 15 is 0 Å². The number of hydrogen-bond donors (Lipinski definition) is 2. The van der Waals surface area contributed by atoms with E-state index in [1.54, 1.807) is 10.3 Å². The van der Waals surface area contributed by atoms with Gasteiger partial charge in [-0.05, 0) is 25.0 Å². The Morgan fingerprint density at radius 3 is 2.54 bits per heavy atom. The van der Waals surface area contributed by atoms with Crippen LogP contribution >= 0.6 is 11.3 Å². The van der Waals surface area contributed by atoms with Crippen LogP contribution in [0.4, 0.5) is 16.2 Å². The Labute approximate surface area is 166 Å². The Morgan fingerprint density at radius 2 is 1.93 bits per heavy atom. The van der Waals surface area contributed by atoms with Crippen LogP contribution in [-0.2, 0) is 6.54 Å². The van der Waals surface area contributed by atoms with Gasteiger partial charge in [0.05, 0.1) is 11.5 Å². The first-order chi connectivity index (χ1) is 13.4. The average molecular weight is 405 g/mol. The van der Waals surface area contributed by atoms with E-state index < -0.39 is 4.92 Å². The van der Waals surface area contributed by atoms with Gasteiger partial charge >= 0.3 is 6.03 Å². The fourth-order valence-electron chi connectivity index (χ4n) is 2.37. The number of anilines is 1. The predicted octanol–water partition coefficient (Wildman–Crippen LogP) is 3.64. The van der Waals surface area contributed by atoms with Crippen LogP contribution in [-0.4, -0.2) is 39.8 Å². The number of benzene rings is 1. The third-order valence-corrected chi connectivity index (χ3v) is 4.59. The molecule has 1 heterocycles. The first-order valence-electron chi connectivity index (χ1n) is 8.97. The lowest BCUT2D eigenvalue weighted by molar-refractivity contribution is -0.384. The molecule has 10 heteroatoms. The van der Waals surface area contributed by atoms with E-state index in [-0.39, 0.29) is 24.2 Å². The van der Waals surface area contributed by atoms with Crippen molar-refractivity contribution in [2.75, 3.05) is 18.4 Å². The first kappa shape index (κ1) is 21.3. The molecule has 150 valence electrons. The second-order valence-corrected chi connectivity index (χ2v) is 6.98. The molecular formula is C18H23N5O4S. The van der Waals surface area contributed by atoms with Crippen molar-refractivity contribution in [1.82, 2.24) is 15.2 Å². The zero-order valence-corrected chi connectivity index (χ0v) is 16.6. The number of rotatable bonds is 9. The third kappa shape index (κ3) is 6.02. The quantitative estimate of drug-likeness (QED) is 0.488. The molecule has 0 atom stereocenters. The van der Waals surface area contributed by atoms with Crippen LogP contribution in [0.25, 0.3) is 0 Å². The lowest BCUT2D eigenvalue weighted by Gasteiger charge is -2.21. The van der Waals surface area contributed by atoms with Crippen molar-refractivity contribution < 1.29 is 14.5 Å². The number of amides is 3. The van der Waals surface area contributed by atoms with Gasteiger partial charge in [-0.1, -0.05) is 13.8 Å². The highest BCUT2D eigenvalue weighted by molar-refractivity contribution is 7.09. The molecule has 1 aromatic heterocycles. The fraction of sp³-hybridized carbons (Fsp3) is 0.389. The van der Waals surface area contributed by atoms with E-state index in [1.807, 2.05) is 13.8 Å². The molecule has 0 unspecified atom stereocenters. The van der Waals surface area contributed by atoms with Crippen LogP contribution in [0.15, 0.2) is 29.6 Å². The van der Waals surface area contributed by atoms with Crippen molar-refractivity contribution in [2.24, 2.45) is 0 Å². The summed E-state index contributed by atoms with van der Waals surface area (Å²) in [5, 5.41) is 18.6. The molecule has 9 nitrogen and oxygen atoms in total. The van der Waals surface area contributed by atoms with Crippen LogP contribution in [0.1, 0.15) is 42.2 Å². The highest BCUT2D eigenvalue weighted by atomic mass is 32.1. The molecule has 0 saturated heterocycles. The Kier molecular flexibility index (Phi) is 7.88. The molecule has 0 bridgehead atoms. The number of carbonyl (C=O) groups excluding carboxylic acids is 2. The Bertz CT molecular complexity index is 822. The van der Waals surface area contributed by atoms with Gasteiger partial charge in [0, 0.05) is 36.3 Å². The standard InChI is InChI=1S/C18H23N5O4S/c1-3-9-19-17(24)15-12-28-16(21-15)11-22(10-4-2)18(25)20-13-5-7-14(8-6-13)23(26)27/h5-8,12H,3-4,9-11H2,1-2H3,(H,19,24)(H,20,25). The van der Waals surface area contributed by atoms with E-state index in [0.717, 1.165) is 12.8 Å². The van der Waals surface area contributed by atoms with Gasteiger partial charge in [-0.3, -0.25) is 14.9 Å². The summed E-state index contributed by atoms with van der Waals surface area (Å²) < 4.78 is 0. The zero-order chi connectivity index (χ0) is 20.5. The molecule has 0 aliphatic heterocycles. The molecule has 1 aromatic carbocycles. The minimum Gasteiger partial charge on any atom is -0.351 e. The number of nitro groups is 1. The molecule has 2 N–H and O–H groups in total. The van der Waals surface area contributed by atoms with Gasteiger partial charge in [0.25, 0.3) is 11.6 Å². The lowest BCUT2D eigenvalue weighted by atomic mass is 10.3. The number of urea groups is 1. The summed E-state index contributed by atoms with van der Waals surface area (Å²) in [5.41, 5.74) is 0.774. The van der Waals surface area contributed by atoms with E-state index in [0.29, 0.717) is 29.5 Å². The molecule has 2 aromatic rings. The number of hydrogen-bond acceptors (Lipinski definition) is 6. The van der Waals surface area contributed by atoms with Gasteiger partial charge in [0.1, 0.15) is 10.7 Å². The highest BCUT2D eigenvalue weighted by Gasteiger charge is 2.17. The minimum absolute atomic E-state index is 0.0416. The zero-order valence-electron chi connectivity index (χ0n) is 15.8. The van der Waals surface area contributed by atoms with Crippen molar-refractivity contribution in [3.05, 3.63) is 50.5 Å². The van der Waals surface area contributed by atoms with Crippen LogP contribution < -0.4 is 10.6 Å². The number of nitrogens with zero attached hydrogens (tertiary/aromatic N) is 3. The van der Waals surface area contributed by atoms with Crippen LogP contribution in [0.5, 0.6) is 0 Å². The number of non-ortho nitro benzene ring substituents is 1. The van der Waals surface area contributed by atoms with Crippen molar-refractivity contribution in [2.45, 2.75) is 33.2 Å². The molecule has 2 rings (SSSR count). The van der Waals surface area contributed by atoms with Gasteiger partial charge in [0.2, 0.25) is 0 Å².